The molecule has 5 nitrogen and oxygen atoms in total. The molecule has 0 radical (unpaired) electrons. The van der Waals surface area contributed by atoms with Gasteiger partial charge >= 0.3 is 0 Å². The molecule has 0 saturated heterocycles. The van der Waals surface area contributed by atoms with Crippen molar-refractivity contribution in [3.05, 3.63) is 53.3 Å². The zero-order chi connectivity index (χ0) is 14.6. The standard InChI is InChI=1S/C14H15NO4S/c1-11-3-2-4-12(9-11)7-8-15-20(17,18)14-6-5-13(10-16)19-14/h2-6,9-10,15H,7-8H2,1H3. The molecule has 1 N–H and O–H groups in total. The van der Waals surface area contributed by atoms with Crippen molar-refractivity contribution >= 4 is 16.3 Å². The highest BCUT2D eigenvalue weighted by Gasteiger charge is 2.17. The number of carbonyl (C=O) groups is 1. The summed E-state index contributed by atoms with van der Waals surface area (Å²) >= 11 is 0. The quantitative estimate of drug-likeness (QED) is 0.826. The van der Waals surface area contributed by atoms with E-state index < -0.39 is 10.0 Å². The van der Waals surface area contributed by atoms with Gasteiger partial charge in [0.1, 0.15) is 0 Å². The van der Waals surface area contributed by atoms with Gasteiger partial charge in [-0.2, -0.15) is 0 Å². The van der Waals surface area contributed by atoms with Crippen LogP contribution < -0.4 is 4.72 Å². The van der Waals surface area contributed by atoms with Gasteiger partial charge in [0.05, 0.1) is 0 Å². The van der Waals surface area contributed by atoms with Gasteiger partial charge in [0.15, 0.2) is 12.0 Å². The zero-order valence-corrected chi connectivity index (χ0v) is 11.8. The molecule has 0 atom stereocenters. The number of aryl methyl sites for hydroxylation is 1. The number of hydrogen-bond donors (Lipinski definition) is 1. The van der Waals surface area contributed by atoms with Gasteiger partial charge in [-0.05, 0) is 31.0 Å². The molecule has 2 aromatic rings. The lowest BCUT2D eigenvalue weighted by molar-refractivity contribution is 0.109. The average molecular weight is 293 g/mol. The van der Waals surface area contributed by atoms with Crippen LogP contribution in [0.5, 0.6) is 0 Å². The first-order chi connectivity index (χ1) is 9.51. The third-order valence-electron chi connectivity index (χ3n) is 2.77. The maximum Gasteiger partial charge on any atom is 0.273 e. The first kappa shape index (κ1) is 14.5. The Morgan fingerprint density at radius 2 is 2.05 bits per heavy atom. The minimum absolute atomic E-state index is 0.0101. The molecule has 20 heavy (non-hydrogen) atoms. The number of hydrogen-bond acceptors (Lipinski definition) is 4. The normalized spacial score (nSPS) is 11.4. The minimum Gasteiger partial charge on any atom is -0.440 e. The van der Waals surface area contributed by atoms with Crippen LogP contribution in [0.1, 0.15) is 21.7 Å². The van der Waals surface area contributed by atoms with Crippen molar-refractivity contribution in [2.45, 2.75) is 18.4 Å². The van der Waals surface area contributed by atoms with E-state index in [9.17, 15) is 13.2 Å². The van der Waals surface area contributed by atoms with Crippen molar-refractivity contribution < 1.29 is 17.6 Å². The van der Waals surface area contributed by atoms with Crippen molar-refractivity contribution in [3.8, 4) is 0 Å². The Bertz CT molecular complexity index is 703. The third kappa shape index (κ3) is 3.55. The van der Waals surface area contributed by atoms with E-state index in [-0.39, 0.29) is 17.4 Å². The van der Waals surface area contributed by atoms with E-state index in [4.69, 9.17) is 4.42 Å². The van der Waals surface area contributed by atoms with Crippen LogP contribution in [0.3, 0.4) is 0 Å². The number of rotatable bonds is 6. The van der Waals surface area contributed by atoms with Gasteiger partial charge in [-0.3, -0.25) is 4.79 Å². The first-order valence-corrected chi connectivity index (χ1v) is 7.60. The Balaban J connectivity index is 1.97. The summed E-state index contributed by atoms with van der Waals surface area (Å²) in [7, 11) is -3.71. The highest BCUT2D eigenvalue weighted by atomic mass is 32.2. The monoisotopic (exact) mass is 293 g/mol. The molecule has 1 aromatic heterocycles. The van der Waals surface area contributed by atoms with Crippen LogP contribution in [0.2, 0.25) is 0 Å². The maximum absolute atomic E-state index is 11.9. The van der Waals surface area contributed by atoms with E-state index in [2.05, 4.69) is 4.72 Å². The summed E-state index contributed by atoms with van der Waals surface area (Å²) in [6.45, 7) is 2.25. The molecule has 0 aliphatic rings. The fourth-order valence-corrected chi connectivity index (χ4v) is 2.78. The summed E-state index contributed by atoms with van der Waals surface area (Å²) in [6, 6.07) is 10.4. The Labute approximate surface area is 117 Å². The molecule has 1 heterocycles. The number of carbonyl (C=O) groups excluding carboxylic acids is 1. The van der Waals surface area contributed by atoms with Gasteiger partial charge < -0.3 is 4.42 Å². The molecule has 0 amide bonds. The fraction of sp³-hybridized carbons (Fsp3) is 0.214. The zero-order valence-electron chi connectivity index (χ0n) is 11.0. The lowest BCUT2D eigenvalue weighted by Crippen LogP contribution is -2.25. The van der Waals surface area contributed by atoms with Crippen LogP contribution in [0.4, 0.5) is 0 Å². The van der Waals surface area contributed by atoms with Crippen LogP contribution in [0.25, 0.3) is 0 Å². The SMILES string of the molecule is Cc1cccc(CCNS(=O)(=O)c2ccc(C=O)o2)c1. The number of furan rings is 1. The molecule has 106 valence electrons. The van der Waals surface area contributed by atoms with Gasteiger partial charge in [-0.15, -0.1) is 0 Å². The third-order valence-corrected chi connectivity index (χ3v) is 4.10. The van der Waals surface area contributed by atoms with E-state index >= 15 is 0 Å². The fourth-order valence-electron chi connectivity index (χ4n) is 1.81. The molecule has 2 rings (SSSR count). The lowest BCUT2D eigenvalue weighted by Gasteiger charge is -2.05. The van der Waals surface area contributed by atoms with Crippen LogP contribution >= 0.6 is 0 Å². The average Bonchev–Trinajstić information content (AvgIpc) is 2.88. The van der Waals surface area contributed by atoms with Crippen molar-refractivity contribution in [1.82, 2.24) is 4.72 Å². The van der Waals surface area contributed by atoms with Gasteiger partial charge in [0.2, 0.25) is 5.09 Å². The second kappa shape index (κ2) is 6.02. The van der Waals surface area contributed by atoms with Crippen molar-refractivity contribution in [2.75, 3.05) is 6.54 Å². The molecule has 0 fully saturated rings. The van der Waals surface area contributed by atoms with Gasteiger partial charge in [0.25, 0.3) is 10.0 Å². The molecule has 6 heteroatoms. The molecule has 1 aromatic carbocycles. The predicted molar refractivity (Wildman–Crippen MR) is 74.2 cm³/mol. The van der Waals surface area contributed by atoms with E-state index in [0.717, 1.165) is 11.1 Å². The molecule has 0 aliphatic heterocycles. The highest BCUT2D eigenvalue weighted by molar-refractivity contribution is 7.89. The molecule has 0 bridgehead atoms. The van der Waals surface area contributed by atoms with E-state index in [1.807, 2.05) is 31.2 Å². The molecular weight excluding hydrogens is 278 g/mol. The summed E-state index contributed by atoms with van der Waals surface area (Å²) in [4.78, 5) is 10.5. The minimum atomic E-state index is -3.71. The number of benzene rings is 1. The number of sulfonamides is 1. The van der Waals surface area contributed by atoms with Crippen molar-refractivity contribution in [1.29, 1.82) is 0 Å². The lowest BCUT2D eigenvalue weighted by atomic mass is 10.1. The second-order valence-corrected chi connectivity index (χ2v) is 6.11. The van der Waals surface area contributed by atoms with Crippen LogP contribution in [0.15, 0.2) is 45.9 Å². The van der Waals surface area contributed by atoms with E-state index in [1.54, 1.807) is 0 Å². The summed E-state index contributed by atoms with van der Waals surface area (Å²) in [5, 5.41) is -0.246. The Morgan fingerprint density at radius 1 is 1.25 bits per heavy atom. The summed E-state index contributed by atoms with van der Waals surface area (Å²) in [5.74, 6) is -0.0101. The Hall–Kier alpha value is -1.92. The number of nitrogens with one attached hydrogen (secondary N) is 1. The van der Waals surface area contributed by atoms with Crippen LogP contribution in [-0.2, 0) is 16.4 Å². The molecule has 0 spiro atoms. The van der Waals surface area contributed by atoms with Crippen LogP contribution in [-0.4, -0.2) is 21.2 Å². The van der Waals surface area contributed by atoms with Crippen LogP contribution in [0, 0.1) is 6.92 Å². The van der Waals surface area contributed by atoms with Gasteiger partial charge in [-0.1, -0.05) is 29.8 Å². The molecule has 0 unspecified atom stereocenters. The van der Waals surface area contributed by atoms with Gasteiger partial charge in [0, 0.05) is 6.54 Å². The molecular formula is C14H15NO4S. The van der Waals surface area contributed by atoms with Crippen molar-refractivity contribution in [2.24, 2.45) is 0 Å². The smallest absolute Gasteiger partial charge is 0.273 e. The summed E-state index contributed by atoms with van der Waals surface area (Å²) < 4.78 is 31.1. The van der Waals surface area contributed by atoms with E-state index in [0.29, 0.717) is 12.7 Å². The number of aldehydes is 1. The molecule has 0 saturated carbocycles. The van der Waals surface area contributed by atoms with Crippen molar-refractivity contribution in [3.63, 3.8) is 0 Å². The maximum atomic E-state index is 11.9. The topological polar surface area (TPSA) is 76.4 Å². The largest absolute Gasteiger partial charge is 0.440 e. The van der Waals surface area contributed by atoms with Gasteiger partial charge in [-0.25, -0.2) is 13.1 Å². The highest BCUT2D eigenvalue weighted by Crippen LogP contribution is 2.12. The first-order valence-electron chi connectivity index (χ1n) is 6.11. The Morgan fingerprint density at radius 3 is 2.70 bits per heavy atom. The summed E-state index contributed by atoms with van der Waals surface area (Å²) in [5.41, 5.74) is 2.19. The van der Waals surface area contributed by atoms with E-state index in [1.165, 1.54) is 12.1 Å². The predicted octanol–water partition coefficient (Wildman–Crippen LogP) is 1.92. The summed E-state index contributed by atoms with van der Waals surface area (Å²) in [6.07, 6.45) is 1.05. The Kier molecular flexibility index (Phi) is 4.36. The second-order valence-electron chi connectivity index (χ2n) is 4.41. The molecule has 0 aliphatic carbocycles.